The predicted molar refractivity (Wildman–Crippen MR) is 65.5 cm³/mol. The minimum atomic E-state index is -0.268. The van der Waals surface area contributed by atoms with Crippen LogP contribution in [-0.4, -0.2) is 32.1 Å². The molecule has 0 amide bonds. The van der Waals surface area contributed by atoms with Gasteiger partial charge in [-0.05, 0) is 33.0 Å². The molecule has 2 N–H and O–H groups in total. The van der Waals surface area contributed by atoms with Gasteiger partial charge in [0.05, 0.1) is 12.1 Å². The minimum Gasteiger partial charge on any atom is -0.493 e. The molecule has 0 bridgehead atoms. The maximum absolute atomic E-state index is 13.3. The Morgan fingerprint density at radius 3 is 2.88 bits per heavy atom. The van der Waals surface area contributed by atoms with Crippen molar-refractivity contribution in [1.82, 2.24) is 4.90 Å². The first-order chi connectivity index (χ1) is 8.10. The van der Waals surface area contributed by atoms with Gasteiger partial charge in [0, 0.05) is 18.2 Å². The Morgan fingerprint density at radius 1 is 1.47 bits per heavy atom. The highest BCUT2D eigenvalue weighted by atomic mass is 19.1. The van der Waals surface area contributed by atoms with Gasteiger partial charge in [0.1, 0.15) is 11.6 Å². The van der Waals surface area contributed by atoms with Gasteiger partial charge in [0.15, 0.2) is 0 Å². The lowest BCUT2D eigenvalue weighted by molar-refractivity contribution is 0.147. The van der Waals surface area contributed by atoms with Gasteiger partial charge >= 0.3 is 0 Å². The summed E-state index contributed by atoms with van der Waals surface area (Å²) in [6.45, 7) is 1.12. The molecule has 2 rings (SSSR count). The van der Waals surface area contributed by atoms with E-state index in [-0.39, 0.29) is 11.4 Å². The zero-order chi connectivity index (χ0) is 12.5. The zero-order valence-electron chi connectivity index (χ0n) is 10.4. The number of hydrogen-bond acceptors (Lipinski definition) is 3. The highest BCUT2D eigenvalue weighted by Crippen LogP contribution is 2.39. The molecule has 3 nitrogen and oxygen atoms in total. The molecule has 1 aromatic carbocycles. The minimum absolute atomic E-state index is 0.250. The van der Waals surface area contributed by atoms with Crippen LogP contribution in [0.4, 0.5) is 4.39 Å². The smallest absolute Gasteiger partial charge is 0.127 e. The van der Waals surface area contributed by atoms with Gasteiger partial charge in [-0.25, -0.2) is 4.39 Å². The Labute approximate surface area is 101 Å². The number of rotatable bonds is 2. The number of ether oxygens (including phenoxy) is 1. The molecule has 0 spiro atoms. The van der Waals surface area contributed by atoms with Gasteiger partial charge in [-0.2, -0.15) is 0 Å². The van der Waals surface area contributed by atoms with Crippen molar-refractivity contribution in [2.24, 2.45) is 5.73 Å². The van der Waals surface area contributed by atoms with Crippen LogP contribution in [-0.2, 0) is 5.54 Å². The fourth-order valence-electron chi connectivity index (χ4n) is 2.54. The fraction of sp³-hybridized carbons (Fsp3) is 0.538. The second kappa shape index (κ2) is 4.63. The fourth-order valence-corrected chi connectivity index (χ4v) is 2.54. The molecule has 0 radical (unpaired) electrons. The monoisotopic (exact) mass is 238 g/mol. The van der Waals surface area contributed by atoms with Crippen molar-refractivity contribution >= 4 is 0 Å². The molecule has 1 unspecified atom stereocenters. The van der Waals surface area contributed by atoms with E-state index >= 15 is 0 Å². The first-order valence-corrected chi connectivity index (χ1v) is 5.90. The average Bonchev–Trinajstić information content (AvgIpc) is 2.48. The molecule has 1 atom stereocenters. The van der Waals surface area contributed by atoms with E-state index in [1.54, 1.807) is 6.07 Å². The summed E-state index contributed by atoms with van der Waals surface area (Å²) < 4.78 is 18.9. The Morgan fingerprint density at radius 2 is 2.24 bits per heavy atom. The summed E-state index contributed by atoms with van der Waals surface area (Å²) in [6, 6.07) is 4.72. The van der Waals surface area contributed by atoms with Crippen LogP contribution in [0, 0.1) is 5.82 Å². The van der Waals surface area contributed by atoms with Crippen molar-refractivity contribution in [3.05, 3.63) is 29.6 Å². The topological polar surface area (TPSA) is 38.5 Å². The third-order valence-corrected chi connectivity index (χ3v) is 3.63. The van der Waals surface area contributed by atoms with Crippen molar-refractivity contribution in [1.29, 1.82) is 0 Å². The maximum atomic E-state index is 13.3. The summed E-state index contributed by atoms with van der Waals surface area (Å²) in [5, 5.41) is 0. The lowest BCUT2D eigenvalue weighted by Crippen LogP contribution is -2.47. The molecular formula is C13H19FN2O. The Bertz CT molecular complexity index is 408. The van der Waals surface area contributed by atoms with Crippen LogP contribution in [0.25, 0.3) is 0 Å². The van der Waals surface area contributed by atoms with Gasteiger partial charge in [-0.3, -0.25) is 4.90 Å². The van der Waals surface area contributed by atoms with Gasteiger partial charge < -0.3 is 10.5 Å². The Hall–Kier alpha value is -1.13. The van der Waals surface area contributed by atoms with Crippen molar-refractivity contribution in [2.45, 2.75) is 18.4 Å². The molecule has 1 aliphatic rings. The van der Waals surface area contributed by atoms with Gasteiger partial charge in [-0.1, -0.05) is 6.07 Å². The SMILES string of the molecule is CN(C)C1(CN)CCCOc2cc(F)ccc21. The molecule has 0 aliphatic carbocycles. The van der Waals surface area contributed by atoms with Crippen LogP contribution < -0.4 is 10.5 Å². The highest BCUT2D eigenvalue weighted by Gasteiger charge is 2.37. The lowest BCUT2D eigenvalue weighted by atomic mass is 9.84. The van der Waals surface area contributed by atoms with Crippen molar-refractivity contribution in [2.75, 3.05) is 27.2 Å². The van der Waals surface area contributed by atoms with Crippen LogP contribution in [0.1, 0.15) is 18.4 Å². The van der Waals surface area contributed by atoms with Crippen molar-refractivity contribution in [3.63, 3.8) is 0 Å². The normalized spacial score (nSPS) is 24.1. The van der Waals surface area contributed by atoms with E-state index in [4.69, 9.17) is 10.5 Å². The maximum Gasteiger partial charge on any atom is 0.127 e. The number of nitrogens with two attached hydrogens (primary N) is 1. The second-order valence-electron chi connectivity index (χ2n) is 4.72. The molecule has 1 aromatic rings. The molecule has 1 heterocycles. The number of halogens is 1. The Balaban J connectivity index is 2.56. The quantitative estimate of drug-likeness (QED) is 0.852. The highest BCUT2D eigenvalue weighted by molar-refractivity contribution is 5.41. The third-order valence-electron chi connectivity index (χ3n) is 3.63. The molecule has 1 aliphatic heterocycles. The van der Waals surface area contributed by atoms with E-state index < -0.39 is 0 Å². The number of fused-ring (bicyclic) bond motifs is 1. The van der Waals surface area contributed by atoms with E-state index in [9.17, 15) is 4.39 Å². The zero-order valence-corrected chi connectivity index (χ0v) is 10.4. The molecular weight excluding hydrogens is 219 g/mol. The largest absolute Gasteiger partial charge is 0.493 e. The molecule has 0 fully saturated rings. The molecule has 0 saturated carbocycles. The predicted octanol–water partition coefficient (Wildman–Crippen LogP) is 1.71. The molecule has 0 saturated heterocycles. The molecule has 17 heavy (non-hydrogen) atoms. The van der Waals surface area contributed by atoms with Gasteiger partial charge in [0.2, 0.25) is 0 Å². The van der Waals surface area contributed by atoms with E-state index in [2.05, 4.69) is 4.90 Å². The van der Waals surface area contributed by atoms with Gasteiger partial charge in [0.25, 0.3) is 0 Å². The summed E-state index contributed by atoms with van der Waals surface area (Å²) in [5.41, 5.74) is 6.71. The van der Waals surface area contributed by atoms with Gasteiger partial charge in [-0.15, -0.1) is 0 Å². The van der Waals surface area contributed by atoms with Crippen LogP contribution in [0.5, 0.6) is 5.75 Å². The lowest BCUT2D eigenvalue weighted by Gasteiger charge is -2.39. The van der Waals surface area contributed by atoms with Crippen LogP contribution in [0.15, 0.2) is 18.2 Å². The van der Waals surface area contributed by atoms with Crippen molar-refractivity contribution < 1.29 is 9.13 Å². The number of benzene rings is 1. The van der Waals surface area contributed by atoms with E-state index in [1.165, 1.54) is 12.1 Å². The Kier molecular flexibility index (Phi) is 3.35. The van der Waals surface area contributed by atoms with E-state index in [0.29, 0.717) is 18.9 Å². The number of likely N-dealkylation sites (N-methyl/N-ethyl adjacent to an activating group) is 1. The van der Waals surface area contributed by atoms with Crippen LogP contribution in [0.2, 0.25) is 0 Å². The average molecular weight is 238 g/mol. The standard InChI is InChI=1S/C13H19FN2O/c1-16(2)13(9-15)6-3-7-17-12-8-10(14)4-5-11(12)13/h4-5,8H,3,6-7,9,15H2,1-2H3. The van der Waals surface area contributed by atoms with Crippen LogP contribution >= 0.6 is 0 Å². The van der Waals surface area contributed by atoms with Crippen molar-refractivity contribution in [3.8, 4) is 5.75 Å². The summed E-state index contributed by atoms with van der Waals surface area (Å²) in [6.07, 6.45) is 1.85. The molecule has 94 valence electrons. The summed E-state index contributed by atoms with van der Waals surface area (Å²) in [5.74, 6) is 0.358. The first-order valence-electron chi connectivity index (χ1n) is 5.90. The van der Waals surface area contributed by atoms with E-state index in [0.717, 1.165) is 18.4 Å². The molecule has 0 aromatic heterocycles. The van der Waals surface area contributed by atoms with Crippen LogP contribution in [0.3, 0.4) is 0 Å². The summed E-state index contributed by atoms with van der Waals surface area (Å²) in [7, 11) is 4.01. The van der Waals surface area contributed by atoms with E-state index in [1.807, 2.05) is 14.1 Å². The summed E-state index contributed by atoms with van der Waals surface area (Å²) in [4.78, 5) is 2.11. The molecule has 4 heteroatoms. The summed E-state index contributed by atoms with van der Waals surface area (Å²) >= 11 is 0. The third kappa shape index (κ3) is 2.03. The number of hydrogen-bond donors (Lipinski definition) is 1. The first kappa shape index (κ1) is 12.3. The second-order valence-corrected chi connectivity index (χ2v) is 4.72. The number of nitrogens with zero attached hydrogens (tertiary/aromatic N) is 1.